The van der Waals surface area contributed by atoms with Gasteiger partial charge in [0.25, 0.3) is 0 Å². The number of aromatic nitrogens is 1. The molecule has 3 aromatic rings. The Morgan fingerprint density at radius 2 is 1.36 bits per heavy atom. The van der Waals surface area contributed by atoms with Crippen LogP contribution in [0.15, 0.2) is 48.7 Å². The van der Waals surface area contributed by atoms with E-state index < -0.39 is 0 Å². The fourth-order valence-electron chi connectivity index (χ4n) is 4.15. The molecule has 3 rings (SSSR count). The predicted octanol–water partition coefficient (Wildman–Crippen LogP) is 6.67. The third kappa shape index (κ3) is 4.19. The quantitative estimate of drug-likeness (QED) is 0.452. The first-order valence-electron chi connectivity index (χ1n) is 10.2. The van der Waals surface area contributed by atoms with Crippen LogP contribution < -0.4 is 4.57 Å². The van der Waals surface area contributed by atoms with E-state index in [1.807, 2.05) is 0 Å². The van der Waals surface area contributed by atoms with Crippen molar-refractivity contribution in [1.82, 2.24) is 0 Å². The van der Waals surface area contributed by atoms with Crippen molar-refractivity contribution in [3.63, 3.8) is 0 Å². The van der Waals surface area contributed by atoms with Crippen molar-refractivity contribution in [1.29, 1.82) is 0 Å². The molecule has 28 heavy (non-hydrogen) atoms. The van der Waals surface area contributed by atoms with Crippen molar-refractivity contribution in [3.8, 4) is 22.4 Å². The average Bonchev–Trinajstić information content (AvgIpc) is 2.58. The topological polar surface area (TPSA) is 3.88 Å². The number of nitrogens with zero attached hydrogens (tertiary/aromatic N) is 1. The van der Waals surface area contributed by atoms with Gasteiger partial charge in [0.1, 0.15) is 7.05 Å². The van der Waals surface area contributed by atoms with E-state index in [0.717, 1.165) is 6.42 Å². The van der Waals surface area contributed by atoms with Gasteiger partial charge in [-0.25, -0.2) is 4.57 Å². The summed E-state index contributed by atoms with van der Waals surface area (Å²) in [6, 6.07) is 15.8. The van der Waals surface area contributed by atoms with E-state index in [0.29, 0.717) is 0 Å². The lowest BCUT2D eigenvalue weighted by Crippen LogP contribution is -2.32. The normalized spacial score (nSPS) is 11.7. The van der Waals surface area contributed by atoms with Gasteiger partial charge in [-0.05, 0) is 79.0 Å². The first-order chi connectivity index (χ1) is 13.1. The maximum atomic E-state index is 2.40. The molecule has 0 aliphatic carbocycles. The Bertz CT molecular complexity index is 1020. The van der Waals surface area contributed by atoms with Crippen LogP contribution in [0.25, 0.3) is 22.4 Å². The second kappa shape index (κ2) is 7.54. The van der Waals surface area contributed by atoms with Gasteiger partial charge in [0.15, 0.2) is 6.20 Å². The number of benzene rings is 2. The molecule has 0 saturated heterocycles. The molecule has 1 nitrogen and oxygen atoms in total. The molecule has 0 aliphatic rings. The molecule has 0 bridgehead atoms. The van der Waals surface area contributed by atoms with Crippen molar-refractivity contribution < 1.29 is 4.57 Å². The zero-order valence-corrected chi connectivity index (χ0v) is 18.8. The summed E-state index contributed by atoms with van der Waals surface area (Å²) < 4.78 is 2.28. The second-order valence-electron chi connectivity index (χ2n) is 9.51. The summed E-state index contributed by atoms with van der Waals surface area (Å²) in [6.45, 7) is 15.8. The number of aryl methyl sites for hydroxylation is 5. The number of hydrogen-bond donors (Lipinski definition) is 0. The second-order valence-corrected chi connectivity index (χ2v) is 9.51. The molecule has 146 valence electrons. The van der Waals surface area contributed by atoms with Crippen LogP contribution in [-0.2, 0) is 13.5 Å². The molecule has 0 unspecified atom stereocenters. The Balaban J connectivity index is 2.20. The Morgan fingerprint density at radius 1 is 0.714 bits per heavy atom. The van der Waals surface area contributed by atoms with Crippen LogP contribution in [0.3, 0.4) is 0 Å². The minimum atomic E-state index is 0.274. The first kappa shape index (κ1) is 20.3. The maximum Gasteiger partial charge on any atom is 0.212 e. The molecule has 0 aliphatic heterocycles. The smallest absolute Gasteiger partial charge is 0.201 e. The van der Waals surface area contributed by atoms with Crippen LogP contribution in [0.4, 0.5) is 0 Å². The predicted molar refractivity (Wildman–Crippen MR) is 121 cm³/mol. The van der Waals surface area contributed by atoms with Crippen LogP contribution in [0.5, 0.6) is 0 Å². The molecule has 0 amide bonds. The van der Waals surface area contributed by atoms with Crippen molar-refractivity contribution in [2.75, 3.05) is 0 Å². The van der Waals surface area contributed by atoms with Crippen LogP contribution >= 0.6 is 0 Å². The van der Waals surface area contributed by atoms with E-state index in [4.69, 9.17) is 0 Å². The third-order valence-corrected chi connectivity index (χ3v) is 5.59. The summed E-state index contributed by atoms with van der Waals surface area (Å²) in [5, 5.41) is 0. The highest BCUT2D eigenvalue weighted by atomic mass is 14.9. The van der Waals surface area contributed by atoms with E-state index in [-0.39, 0.29) is 5.41 Å². The van der Waals surface area contributed by atoms with E-state index in [2.05, 4.69) is 109 Å². The van der Waals surface area contributed by atoms with Gasteiger partial charge in [0, 0.05) is 17.2 Å². The van der Waals surface area contributed by atoms with E-state index in [9.17, 15) is 0 Å². The molecule has 2 aromatic carbocycles. The lowest BCUT2D eigenvalue weighted by Gasteiger charge is -2.20. The van der Waals surface area contributed by atoms with Gasteiger partial charge in [-0.15, -0.1) is 0 Å². The van der Waals surface area contributed by atoms with Gasteiger partial charge < -0.3 is 0 Å². The molecular weight excluding hydrogens is 338 g/mol. The summed E-state index contributed by atoms with van der Waals surface area (Å²) >= 11 is 0. The van der Waals surface area contributed by atoms with Crippen molar-refractivity contribution in [2.45, 2.75) is 54.9 Å². The summed E-state index contributed by atoms with van der Waals surface area (Å²) in [5.74, 6) is 0. The standard InChI is InChI=1S/C27H34N/c1-18-11-9-10-12-23(18)24-15-25(20(3)13-19(24)2)26-14-22(16-27(5,6)7)21(4)17-28(26)8/h9-15,17H,16H2,1-8H3/q+1. The SMILES string of the molecule is Cc1c[n+](C)c(-c2cc(-c3ccccc3C)c(C)cc2C)cc1CC(C)(C)C. The Morgan fingerprint density at radius 3 is 2.00 bits per heavy atom. The highest BCUT2D eigenvalue weighted by molar-refractivity contribution is 5.77. The highest BCUT2D eigenvalue weighted by Crippen LogP contribution is 2.33. The molecule has 0 saturated carbocycles. The zero-order chi connectivity index (χ0) is 20.6. The van der Waals surface area contributed by atoms with E-state index in [1.54, 1.807) is 0 Å². The van der Waals surface area contributed by atoms with Crippen LogP contribution in [0.2, 0.25) is 0 Å². The first-order valence-corrected chi connectivity index (χ1v) is 10.2. The minimum absolute atomic E-state index is 0.274. The van der Waals surface area contributed by atoms with Gasteiger partial charge in [-0.1, -0.05) is 51.1 Å². The fourth-order valence-corrected chi connectivity index (χ4v) is 4.15. The summed E-state index contributed by atoms with van der Waals surface area (Å²) in [5.41, 5.74) is 12.3. The Labute approximate surface area is 171 Å². The molecule has 1 aromatic heterocycles. The Kier molecular flexibility index (Phi) is 5.48. The lowest BCUT2D eigenvalue weighted by molar-refractivity contribution is -0.660. The van der Waals surface area contributed by atoms with Crippen molar-refractivity contribution in [2.24, 2.45) is 12.5 Å². The summed E-state index contributed by atoms with van der Waals surface area (Å²) in [4.78, 5) is 0. The number of pyridine rings is 1. The van der Waals surface area contributed by atoms with Gasteiger partial charge in [0.05, 0.1) is 0 Å². The number of rotatable bonds is 3. The Hall–Kier alpha value is -2.41. The van der Waals surface area contributed by atoms with E-state index >= 15 is 0 Å². The van der Waals surface area contributed by atoms with Crippen LogP contribution in [0.1, 0.15) is 48.6 Å². The number of hydrogen-bond acceptors (Lipinski definition) is 0. The van der Waals surface area contributed by atoms with Crippen molar-refractivity contribution >= 4 is 0 Å². The van der Waals surface area contributed by atoms with Crippen LogP contribution in [-0.4, -0.2) is 0 Å². The fraction of sp³-hybridized carbons (Fsp3) is 0.370. The summed E-state index contributed by atoms with van der Waals surface area (Å²) in [7, 11) is 2.16. The molecule has 0 atom stereocenters. The maximum absolute atomic E-state index is 2.40. The van der Waals surface area contributed by atoms with E-state index in [1.165, 1.54) is 50.2 Å². The summed E-state index contributed by atoms with van der Waals surface area (Å²) in [6.07, 6.45) is 3.37. The van der Waals surface area contributed by atoms with Gasteiger partial charge >= 0.3 is 0 Å². The zero-order valence-electron chi connectivity index (χ0n) is 18.8. The molecule has 1 heterocycles. The van der Waals surface area contributed by atoms with Crippen molar-refractivity contribution in [3.05, 3.63) is 76.5 Å². The molecular formula is C27H34N+. The highest BCUT2D eigenvalue weighted by Gasteiger charge is 2.21. The molecule has 0 fully saturated rings. The van der Waals surface area contributed by atoms with Gasteiger partial charge in [-0.3, -0.25) is 0 Å². The average molecular weight is 373 g/mol. The third-order valence-electron chi connectivity index (χ3n) is 5.59. The molecule has 0 radical (unpaired) electrons. The monoisotopic (exact) mass is 372 g/mol. The molecule has 0 N–H and O–H groups in total. The van der Waals surface area contributed by atoms with Gasteiger partial charge in [0.2, 0.25) is 5.69 Å². The van der Waals surface area contributed by atoms with Crippen LogP contribution in [0, 0.1) is 33.1 Å². The molecule has 1 heteroatoms. The van der Waals surface area contributed by atoms with Gasteiger partial charge in [-0.2, -0.15) is 0 Å². The largest absolute Gasteiger partial charge is 0.212 e. The molecule has 0 spiro atoms. The lowest BCUT2D eigenvalue weighted by atomic mass is 9.85. The minimum Gasteiger partial charge on any atom is -0.201 e.